The van der Waals surface area contributed by atoms with E-state index in [0.29, 0.717) is 31.3 Å². The standard InChI is InChI=1S/C16H21N5O3/c1-3-14-18-15(20-19-14)13-10-21(7-8-23-13)16(22)11(2)24-12-5-4-6-17-9-12/h4-6,9,11,13H,3,7-8,10H2,1-2H3,(H,18,19,20)/t11-,13+/m0/s1. The number of rotatable bonds is 5. The van der Waals surface area contributed by atoms with Crippen LogP contribution in [0.5, 0.6) is 5.75 Å². The Kier molecular flexibility index (Phi) is 5.05. The zero-order valence-corrected chi connectivity index (χ0v) is 13.8. The lowest BCUT2D eigenvalue weighted by Crippen LogP contribution is -2.47. The summed E-state index contributed by atoms with van der Waals surface area (Å²) in [4.78, 5) is 22.7. The molecule has 0 unspecified atom stereocenters. The number of hydrogen-bond acceptors (Lipinski definition) is 6. The number of carbonyl (C=O) groups excluding carboxylic acids is 1. The molecule has 0 aliphatic carbocycles. The topological polar surface area (TPSA) is 93.2 Å². The Labute approximate surface area is 140 Å². The molecule has 2 aromatic heterocycles. The molecule has 8 heteroatoms. The monoisotopic (exact) mass is 331 g/mol. The number of nitrogens with zero attached hydrogens (tertiary/aromatic N) is 4. The largest absolute Gasteiger partial charge is 0.479 e. The molecule has 24 heavy (non-hydrogen) atoms. The molecule has 3 rings (SSSR count). The van der Waals surface area contributed by atoms with Crippen molar-refractivity contribution >= 4 is 5.91 Å². The summed E-state index contributed by atoms with van der Waals surface area (Å²) in [6.07, 6.45) is 3.12. The van der Waals surface area contributed by atoms with Gasteiger partial charge in [0.05, 0.1) is 19.3 Å². The number of aromatic nitrogens is 4. The first-order valence-electron chi connectivity index (χ1n) is 8.05. The van der Waals surface area contributed by atoms with Crippen LogP contribution in [-0.2, 0) is 16.0 Å². The molecule has 0 spiro atoms. The molecular weight excluding hydrogens is 310 g/mol. The van der Waals surface area contributed by atoms with Gasteiger partial charge in [-0.2, -0.15) is 5.10 Å². The van der Waals surface area contributed by atoms with Gasteiger partial charge in [0.2, 0.25) is 0 Å². The van der Waals surface area contributed by atoms with E-state index in [4.69, 9.17) is 9.47 Å². The first-order chi connectivity index (χ1) is 11.7. The van der Waals surface area contributed by atoms with Gasteiger partial charge in [0.1, 0.15) is 17.7 Å². The molecule has 1 fully saturated rings. The molecule has 1 saturated heterocycles. The average molecular weight is 331 g/mol. The molecule has 0 saturated carbocycles. The Balaban J connectivity index is 1.62. The second-order valence-corrected chi connectivity index (χ2v) is 5.59. The smallest absolute Gasteiger partial charge is 0.263 e. The normalized spacial score (nSPS) is 19.1. The Hall–Kier alpha value is -2.48. The van der Waals surface area contributed by atoms with Crippen molar-refractivity contribution in [2.24, 2.45) is 0 Å². The van der Waals surface area contributed by atoms with Crippen LogP contribution in [0.3, 0.4) is 0 Å². The summed E-state index contributed by atoms with van der Waals surface area (Å²) in [5.74, 6) is 1.89. The van der Waals surface area contributed by atoms with Crippen LogP contribution in [-0.4, -0.2) is 56.8 Å². The van der Waals surface area contributed by atoms with Crippen LogP contribution in [0.4, 0.5) is 0 Å². The van der Waals surface area contributed by atoms with Crippen LogP contribution in [0.15, 0.2) is 24.5 Å². The van der Waals surface area contributed by atoms with Crippen molar-refractivity contribution in [3.63, 3.8) is 0 Å². The molecule has 8 nitrogen and oxygen atoms in total. The summed E-state index contributed by atoms with van der Waals surface area (Å²) >= 11 is 0. The first-order valence-corrected chi connectivity index (χ1v) is 8.05. The summed E-state index contributed by atoms with van der Waals surface area (Å²) in [6.45, 7) is 5.13. The van der Waals surface area contributed by atoms with Gasteiger partial charge in [-0.15, -0.1) is 0 Å². The molecule has 1 amide bonds. The van der Waals surface area contributed by atoms with E-state index >= 15 is 0 Å². The van der Waals surface area contributed by atoms with Crippen LogP contribution in [0.25, 0.3) is 0 Å². The van der Waals surface area contributed by atoms with Gasteiger partial charge in [0.15, 0.2) is 11.9 Å². The van der Waals surface area contributed by atoms with Gasteiger partial charge in [0, 0.05) is 19.2 Å². The molecule has 1 aliphatic heterocycles. The third kappa shape index (κ3) is 3.70. The fourth-order valence-corrected chi connectivity index (χ4v) is 2.55. The zero-order chi connectivity index (χ0) is 16.9. The second kappa shape index (κ2) is 7.39. The van der Waals surface area contributed by atoms with Gasteiger partial charge in [-0.3, -0.25) is 14.9 Å². The third-order valence-electron chi connectivity index (χ3n) is 3.85. The van der Waals surface area contributed by atoms with E-state index in [1.165, 1.54) is 0 Å². The quantitative estimate of drug-likeness (QED) is 0.883. The van der Waals surface area contributed by atoms with Crippen molar-refractivity contribution in [1.29, 1.82) is 0 Å². The number of amides is 1. The van der Waals surface area contributed by atoms with E-state index in [9.17, 15) is 4.79 Å². The number of aryl methyl sites for hydroxylation is 1. The van der Waals surface area contributed by atoms with E-state index in [-0.39, 0.29) is 12.0 Å². The number of ether oxygens (including phenoxy) is 2. The number of pyridine rings is 1. The Morgan fingerprint density at radius 2 is 2.46 bits per heavy atom. The minimum absolute atomic E-state index is 0.0848. The number of carbonyl (C=O) groups is 1. The minimum atomic E-state index is -0.591. The van der Waals surface area contributed by atoms with Crippen molar-refractivity contribution < 1.29 is 14.3 Å². The van der Waals surface area contributed by atoms with E-state index in [0.717, 1.165) is 12.2 Å². The molecular formula is C16H21N5O3. The van der Waals surface area contributed by atoms with Crippen LogP contribution in [0.1, 0.15) is 31.6 Å². The highest BCUT2D eigenvalue weighted by atomic mass is 16.5. The predicted molar refractivity (Wildman–Crippen MR) is 85.4 cm³/mol. The highest BCUT2D eigenvalue weighted by Crippen LogP contribution is 2.20. The van der Waals surface area contributed by atoms with Crippen molar-refractivity contribution in [3.05, 3.63) is 36.2 Å². The van der Waals surface area contributed by atoms with E-state index in [1.54, 1.807) is 36.4 Å². The predicted octanol–water partition coefficient (Wildman–Crippen LogP) is 1.13. The summed E-state index contributed by atoms with van der Waals surface area (Å²) in [6, 6.07) is 3.55. The van der Waals surface area contributed by atoms with Gasteiger partial charge in [-0.25, -0.2) is 4.98 Å². The number of H-pyrrole nitrogens is 1. The summed E-state index contributed by atoms with van der Waals surface area (Å²) in [7, 11) is 0. The van der Waals surface area contributed by atoms with Crippen molar-refractivity contribution in [2.45, 2.75) is 32.5 Å². The number of nitrogens with one attached hydrogen (secondary N) is 1. The maximum absolute atomic E-state index is 12.6. The highest BCUT2D eigenvalue weighted by molar-refractivity contribution is 5.81. The maximum Gasteiger partial charge on any atom is 0.263 e. The van der Waals surface area contributed by atoms with E-state index in [2.05, 4.69) is 20.2 Å². The van der Waals surface area contributed by atoms with Crippen LogP contribution in [0.2, 0.25) is 0 Å². The molecule has 1 N–H and O–H groups in total. The SMILES string of the molecule is CCc1nc([C@H]2CN(C(=O)[C@H](C)Oc3cccnc3)CCO2)n[nH]1. The summed E-state index contributed by atoms with van der Waals surface area (Å²) in [5, 5.41) is 7.05. The molecule has 0 bridgehead atoms. The van der Waals surface area contributed by atoms with Crippen LogP contribution >= 0.6 is 0 Å². The maximum atomic E-state index is 12.6. The number of morpholine rings is 1. The van der Waals surface area contributed by atoms with Crippen molar-refractivity contribution in [3.8, 4) is 5.75 Å². The molecule has 2 aromatic rings. The van der Waals surface area contributed by atoms with E-state index < -0.39 is 6.10 Å². The van der Waals surface area contributed by atoms with Crippen LogP contribution in [0, 0.1) is 0 Å². The molecule has 1 aliphatic rings. The lowest BCUT2D eigenvalue weighted by atomic mass is 10.2. The summed E-state index contributed by atoms with van der Waals surface area (Å²) in [5.41, 5.74) is 0. The second-order valence-electron chi connectivity index (χ2n) is 5.59. The van der Waals surface area contributed by atoms with Gasteiger partial charge in [-0.1, -0.05) is 6.92 Å². The van der Waals surface area contributed by atoms with Gasteiger partial charge >= 0.3 is 0 Å². The third-order valence-corrected chi connectivity index (χ3v) is 3.85. The van der Waals surface area contributed by atoms with Crippen molar-refractivity contribution in [2.75, 3.05) is 19.7 Å². The number of hydrogen-bond donors (Lipinski definition) is 1. The van der Waals surface area contributed by atoms with Gasteiger partial charge in [-0.05, 0) is 19.1 Å². The Morgan fingerprint density at radius 3 is 3.17 bits per heavy atom. The fraction of sp³-hybridized carbons (Fsp3) is 0.500. The first kappa shape index (κ1) is 16.4. The average Bonchev–Trinajstić information content (AvgIpc) is 3.11. The van der Waals surface area contributed by atoms with Gasteiger partial charge in [0.25, 0.3) is 5.91 Å². The highest BCUT2D eigenvalue weighted by Gasteiger charge is 2.31. The number of aromatic amines is 1. The minimum Gasteiger partial charge on any atom is -0.479 e. The van der Waals surface area contributed by atoms with Crippen molar-refractivity contribution in [1.82, 2.24) is 25.1 Å². The Morgan fingerprint density at radius 1 is 1.58 bits per heavy atom. The lowest BCUT2D eigenvalue weighted by molar-refractivity contribution is -0.146. The molecule has 0 aromatic carbocycles. The van der Waals surface area contributed by atoms with Gasteiger partial charge < -0.3 is 14.4 Å². The lowest BCUT2D eigenvalue weighted by Gasteiger charge is -2.33. The van der Waals surface area contributed by atoms with E-state index in [1.807, 2.05) is 6.92 Å². The molecule has 3 heterocycles. The molecule has 0 radical (unpaired) electrons. The molecule has 128 valence electrons. The van der Waals surface area contributed by atoms with Crippen LogP contribution < -0.4 is 4.74 Å². The summed E-state index contributed by atoms with van der Waals surface area (Å²) < 4.78 is 11.4. The zero-order valence-electron chi connectivity index (χ0n) is 13.8. The molecule has 2 atom stereocenters. The Bertz CT molecular complexity index is 675. The fourth-order valence-electron chi connectivity index (χ4n) is 2.55.